The summed E-state index contributed by atoms with van der Waals surface area (Å²) in [6.45, 7) is 6.02. The van der Waals surface area contributed by atoms with Gasteiger partial charge in [-0.1, -0.05) is 53.5 Å². The topological polar surface area (TPSA) is 64.9 Å². The number of hydrogen-bond acceptors (Lipinski definition) is 4. The highest BCUT2D eigenvalue weighted by atomic mass is 79.9. The number of aromatic nitrogens is 2. The van der Waals surface area contributed by atoms with Crippen LogP contribution < -0.4 is 5.73 Å². The lowest BCUT2D eigenvalue weighted by atomic mass is 9.97. The molecule has 1 unspecified atom stereocenters. The Kier molecular flexibility index (Phi) is 3.99. The first kappa shape index (κ1) is 14.5. The molecule has 1 aromatic heterocycles. The van der Waals surface area contributed by atoms with Gasteiger partial charge in [-0.05, 0) is 23.8 Å². The Balaban J connectivity index is 2.36. The van der Waals surface area contributed by atoms with Crippen LogP contribution in [-0.4, -0.2) is 10.1 Å². The van der Waals surface area contributed by atoms with E-state index in [-0.39, 0.29) is 5.41 Å². The summed E-state index contributed by atoms with van der Waals surface area (Å²) in [6, 6.07) is 4.96. The predicted octanol–water partition coefficient (Wildman–Crippen LogP) is 3.83. The maximum Gasteiger partial charge on any atom is 0.232 e. The van der Waals surface area contributed by atoms with E-state index in [0.29, 0.717) is 16.7 Å². The smallest absolute Gasteiger partial charge is 0.232 e. The monoisotopic (exact) mass is 343 g/mol. The van der Waals surface area contributed by atoms with Crippen LogP contribution in [0, 0.1) is 0 Å². The number of nitrogens with zero attached hydrogens (tertiary/aromatic N) is 2. The maximum atomic E-state index is 6.17. The first-order valence-corrected chi connectivity index (χ1v) is 7.01. The molecule has 102 valence electrons. The quantitative estimate of drug-likeness (QED) is 0.899. The van der Waals surface area contributed by atoms with Crippen LogP contribution in [0.1, 0.15) is 44.1 Å². The minimum absolute atomic E-state index is 0.198. The third-order valence-electron chi connectivity index (χ3n) is 2.65. The molecule has 0 amide bonds. The fraction of sp³-hybridized carbons (Fsp3) is 0.385. The van der Waals surface area contributed by atoms with Gasteiger partial charge in [-0.25, -0.2) is 0 Å². The average molecular weight is 345 g/mol. The van der Waals surface area contributed by atoms with E-state index >= 15 is 0 Å². The molecule has 0 bridgehead atoms. The van der Waals surface area contributed by atoms with Gasteiger partial charge in [0.2, 0.25) is 5.89 Å². The summed E-state index contributed by atoms with van der Waals surface area (Å²) in [5, 5.41) is 4.57. The Morgan fingerprint density at radius 2 is 2.05 bits per heavy atom. The molecule has 0 aliphatic rings. The van der Waals surface area contributed by atoms with E-state index in [4.69, 9.17) is 21.9 Å². The Hall–Kier alpha value is -0.910. The van der Waals surface area contributed by atoms with Crippen molar-refractivity contribution in [2.24, 2.45) is 5.73 Å². The highest BCUT2D eigenvalue weighted by Crippen LogP contribution is 2.29. The van der Waals surface area contributed by atoms with Crippen molar-refractivity contribution in [3.63, 3.8) is 0 Å². The van der Waals surface area contributed by atoms with Crippen molar-refractivity contribution in [2.75, 3.05) is 0 Å². The fourth-order valence-electron chi connectivity index (χ4n) is 1.56. The van der Waals surface area contributed by atoms with Crippen molar-refractivity contribution >= 4 is 27.5 Å². The second-order valence-electron chi connectivity index (χ2n) is 5.35. The van der Waals surface area contributed by atoms with Gasteiger partial charge in [0, 0.05) is 14.9 Å². The number of halogens is 2. The van der Waals surface area contributed by atoms with Crippen molar-refractivity contribution in [1.29, 1.82) is 0 Å². The standard InChI is InChI=1S/C13H15BrClN3O/c1-13(2,3)12-17-11(18-19-12)10(16)8-6-7(15)4-5-9(8)14/h4-6,10H,16H2,1-3H3. The molecule has 0 aliphatic heterocycles. The van der Waals surface area contributed by atoms with Crippen molar-refractivity contribution in [2.45, 2.75) is 32.2 Å². The van der Waals surface area contributed by atoms with E-state index in [9.17, 15) is 0 Å². The summed E-state index contributed by atoms with van der Waals surface area (Å²) in [4.78, 5) is 4.36. The van der Waals surface area contributed by atoms with Gasteiger partial charge in [-0.3, -0.25) is 0 Å². The van der Waals surface area contributed by atoms with E-state index < -0.39 is 6.04 Å². The van der Waals surface area contributed by atoms with Crippen LogP contribution >= 0.6 is 27.5 Å². The summed E-state index contributed by atoms with van der Waals surface area (Å²) < 4.78 is 6.12. The van der Waals surface area contributed by atoms with Crippen LogP contribution in [0.3, 0.4) is 0 Å². The van der Waals surface area contributed by atoms with Crippen LogP contribution in [0.4, 0.5) is 0 Å². The molecule has 2 aromatic rings. The molecule has 2 rings (SSSR count). The van der Waals surface area contributed by atoms with E-state index in [0.717, 1.165) is 10.0 Å². The summed E-state index contributed by atoms with van der Waals surface area (Å²) >= 11 is 9.44. The molecule has 0 saturated carbocycles. The molecule has 6 heteroatoms. The zero-order valence-electron chi connectivity index (χ0n) is 10.9. The largest absolute Gasteiger partial charge is 0.339 e. The van der Waals surface area contributed by atoms with Gasteiger partial charge in [-0.15, -0.1) is 0 Å². The summed E-state index contributed by atoms with van der Waals surface area (Å²) in [6.07, 6.45) is 0. The van der Waals surface area contributed by atoms with Crippen LogP contribution in [0.2, 0.25) is 5.02 Å². The zero-order chi connectivity index (χ0) is 14.2. The first-order valence-electron chi connectivity index (χ1n) is 5.83. The molecule has 0 fully saturated rings. The summed E-state index contributed by atoms with van der Waals surface area (Å²) in [5.41, 5.74) is 6.80. The van der Waals surface area contributed by atoms with Gasteiger partial charge in [0.25, 0.3) is 0 Å². The van der Waals surface area contributed by atoms with Crippen molar-refractivity contribution in [1.82, 2.24) is 10.1 Å². The highest BCUT2D eigenvalue weighted by molar-refractivity contribution is 9.10. The molecule has 0 saturated heterocycles. The maximum absolute atomic E-state index is 6.17. The number of rotatable bonds is 2. The third-order valence-corrected chi connectivity index (χ3v) is 3.61. The number of nitrogens with two attached hydrogens (primary N) is 1. The molecule has 0 spiro atoms. The summed E-state index contributed by atoms with van der Waals surface area (Å²) in [5.74, 6) is 1.02. The van der Waals surface area contributed by atoms with Gasteiger partial charge in [-0.2, -0.15) is 4.98 Å². The molecular weight excluding hydrogens is 330 g/mol. The number of hydrogen-bond donors (Lipinski definition) is 1. The van der Waals surface area contributed by atoms with Crippen LogP contribution in [0.25, 0.3) is 0 Å². The van der Waals surface area contributed by atoms with Crippen LogP contribution in [-0.2, 0) is 5.41 Å². The molecule has 0 radical (unpaired) electrons. The van der Waals surface area contributed by atoms with Gasteiger partial charge in [0.15, 0.2) is 5.82 Å². The van der Waals surface area contributed by atoms with E-state index in [1.807, 2.05) is 26.8 Å². The van der Waals surface area contributed by atoms with E-state index in [2.05, 4.69) is 26.1 Å². The minimum atomic E-state index is -0.479. The molecule has 4 nitrogen and oxygen atoms in total. The lowest BCUT2D eigenvalue weighted by Gasteiger charge is -2.12. The third kappa shape index (κ3) is 3.16. The predicted molar refractivity (Wildman–Crippen MR) is 78.2 cm³/mol. The number of benzene rings is 1. The van der Waals surface area contributed by atoms with E-state index in [1.54, 1.807) is 12.1 Å². The van der Waals surface area contributed by atoms with Gasteiger partial charge in [0.05, 0.1) is 6.04 Å². The Labute approximate surface area is 125 Å². The van der Waals surface area contributed by atoms with Gasteiger partial charge in [0.1, 0.15) is 0 Å². The normalized spacial score (nSPS) is 13.6. The van der Waals surface area contributed by atoms with Gasteiger partial charge >= 0.3 is 0 Å². The second kappa shape index (κ2) is 5.23. The van der Waals surface area contributed by atoms with Crippen molar-refractivity contribution < 1.29 is 4.52 Å². The van der Waals surface area contributed by atoms with Crippen LogP contribution in [0.5, 0.6) is 0 Å². The minimum Gasteiger partial charge on any atom is -0.339 e. The van der Waals surface area contributed by atoms with Gasteiger partial charge < -0.3 is 10.3 Å². The molecule has 1 atom stereocenters. The molecule has 19 heavy (non-hydrogen) atoms. The fourth-order valence-corrected chi connectivity index (χ4v) is 2.23. The lowest BCUT2D eigenvalue weighted by molar-refractivity contribution is 0.317. The first-order chi connectivity index (χ1) is 8.79. The molecular formula is C13H15BrClN3O. The summed E-state index contributed by atoms with van der Waals surface area (Å²) in [7, 11) is 0. The van der Waals surface area contributed by atoms with Crippen molar-refractivity contribution in [3.8, 4) is 0 Å². The lowest BCUT2D eigenvalue weighted by Crippen LogP contribution is -2.16. The molecule has 1 heterocycles. The van der Waals surface area contributed by atoms with Crippen molar-refractivity contribution in [3.05, 3.63) is 45.0 Å². The molecule has 0 aliphatic carbocycles. The Morgan fingerprint density at radius 1 is 1.37 bits per heavy atom. The van der Waals surface area contributed by atoms with E-state index in [1.165, 1.54) is 0 Å². The molecule has 1 aromatic carbocycles. The Bertz CT molecular complexity index is 592. The average Bonchev–Trinajstić information content (AvgIpc) is 2.80. The highest BCUT2D eigenvalue weighted by Gasteiger charge is 2.25. The Morgan fingerprint density at radius 3 is 2.63 bits per heavy atom. The van der Waals surface area contributed by atoms with Crippen LogP contribution in [0.15, 0.2) is 27.2 Å². The SMILES string of the molecule is CC(C)(C)c1nc(C(N)c2cc(Cl)ccc2Br)no1. The second-order valence-corrected chi connectivity index (χ2v) is 6.64. The zero-order valence-corrected chi connectivity index (χ0v) is 13.3. The molecule has 2 N–H and O–H groups in total.